The number of hydrogen-bond donors (Lipinski definition) is 3. The Kier molecular flexibility index (Phi) is 6.07. The molecule has 1 fully saturated rings. The summed E-state index contributed by atoms with van der Waals surface area (Å²) in [6.07, 6.45) is 6.83. The monoisotopic (exact) mass is 438 g/mol. The predicted molar refractivity (Wildman–Crippen MR) is 123 cm³/mol. The van der Waals surface area contributed by atoms with E-state index in [1.54, 1.807) is 33.3 Å². The lowest BCUT2D eigenvalue weighted by atomic mass is 9.96. The molecule has 9 heteroatoms. The van der Waals surface area contributed by atoms with Gasteiger partial charge in [-0.25, -0.2) is 14.2 Å². The van der Waals surface area contributed by atoms with Crippen molar-refractivity contribution in [2.45, 2.75) is 45.1 Å². The molecule has 2 amide bonds. The Morgan fingerprint density at radius 3 is 2.62 bits per heavy atom. The lowest BCUT2D eigenvalue weighted by molar-refractivity contribution is 0.244. The van der Waals surface area contributed by atoms with Crippen LogP contribution in [-0.4, -0.2) is 33.7 Å². The van der Waals surface area contributed by atoms with Crippen LogP contribution in [0.25, 0.3) is 22.2 Å². The molecule has 1 aromatic carbocycles. The Hall–Kier alpha value is -3.49. The smallest absolute Gasteiger partial charge is 0.319 e. The number of carbonyl (C=O) groups is 1. The Balaban J connectivity index is 1.69. The van der Waals surface area contributed by atoms with Gasteiger partial charge in [0.2, 0.25) is 5.95 Å². The van der Waals surface area contributed by atoms with Gasteiger partial charge in [-0.1, -0.05) is 19.3 Å². The first-order valence-electron chi connectivity index (χ1n) is 10.8. The molecule has 1 saturated carbocycles. The van der Waals surface area contributed by atoms with Crippen molar-refractivity contribution in [2.75, 3.05) is 17.7 Å². The minimum absolute atomic E-state index is 0.0304. The maximum Gasteiger partial charge on any atom is 0.319 e. The molecule has 2 heterocycles. The van der Waals surface area contributed by atoms with Crippen molar-refractivity contribution < 1.29 is 9.18 Å². The van der Waals surface area contributed by atoms with Crippen LogP contribution >= 0.6 is 0 Å². The molecule has 32 heavy (non-hydrogen) atoms. The van der Waals surface area contributed by atoms with Gasteiger partial charge in [-0.15, -0.1) is 0 Å². The zero-order valence-corrected chi connectivity index (χ0v) is 18.5. The fourth-order valence-electron chi connectivity index (χ4n) is 4.21. The summed E-state index contributed by atoms with van der Waals surface area (Å²) in [5.74, 6) is -0.140. The lowest BCUT2D eigenvalue weighted by Crippen LogP contribution is -2.39. The Morgan fingerprint density at radius 2 is 1.91 bits per heavy atom. The molecule has 168 valence electrons. The molecular formula is C23H27FN6O2. The number of pyridine rings is 1. The summed E-state index contributed by atoms with van der Waals surface area (Å²) in [5, 5.41) is 9.07. The number of nitrogens with zero attached hydrogens (tertiary/aromatic N) is 3. The molecule has 0 atom stereocenters. The Bertz CT molecular complexity index is 1230. The van der Waals surface area contributed by atoms with Crippen molar-refractivity contribution in [1.82, 2.24) is 19.9 Å². The van der Waals surface area contributed by atoms with Gasteiger partial charge in [0, 0.05) is 37.3 Å². The van der Waals surface area contributed by atoms with Crippen molar-refractivity contribution >= 4 is 28.7 Å². The lowest BCUT2D eigenvalue weighted by Gasteiger charge is -2.23. The average molecular weight is 439 g/mol. The van der Waals surface area contributed by atoms with Crippen LogP contribution in [-0.2, 0) is 7.05 Å². The normalized spacial score (nSPS) is 14.4. The van der Waals surface area contributed by atoms with Crippen molar-refractivity contribution in [1.29, 1.82) is 0 Å². The van der Waals surface area contributed by atoms with E-state index < -0.39 is 11.8 Å². The largest absolute Gasteiger partial charge is 0.357 e. The zero-order valence-electron chi connectivity index (χ0n) is 18.5. The molecule has 4 rings (SSSR count). The van der Waals surface area contributed by atoms with E-state index in [4.69, 9.17) is 0 Å². The molecule has 1 aliphatic carbocycles. The number of urea groups is 1. The van der Waals surface area contributed by atoms with E-state index in [1.807, 2.05) is 0 Å². The van der Waals surface area contributed by atoms with E-state index in [0.717, 1.165) is 25.7 Å². The maximum absolute atomic E-state index is 14.6. The highest BCUT2D eigenvalue weighted by molar-refractivity contribution is 5.91. The van der Waals surface area contributed by atoms with Gasteiger partial charge in [0.25, 0.3) is 5.56 Å². The van der Waals surface area contributed by atoms with Crippen LogP contribution in [0.15, 0.2) is 29.2 Å². The van der Waals surface area contributed by atoms with Gasteiger partial charge < -0.3 is 16.0 Å². The standard InChI is InChI=1S/C23H27FN6O2/c1-13-9-18(24)19(28-23(32)27-15-7-5-4-6-8-15)11-16(13)17-10-14-12-26-22(25-2)29-20(14)30(3)21(17)31/h9-12,15H,4-8H2,1-3H3,(H,25,26,29)(H2,27,28,32). The van der Waals surface area contributed by atoms with Crippen LogP contribution in [0.1, 0.15) is 37.7 Å². The molecule has 1 aliphatic rings. The fourth-order valence-corrected chi connectivity index (χ4v) is 4.21. The van der Waals surface area contributed by atoms with Crippen molar-refractivity contribution in [3.63, 3.8) is 0 Å². The second kappa shape index (κ2) is 8.94. The van der Waals surface area contributed by atoms with Crippen molar-refractivity contribution in [3.05, 3.63) is 46.1 Å². The van der Waals surface area contributed by atoms with Crippen LogP contribution in [0.3, 0.4) is 0 Å². The number of anilines is 2. The summed E-state index contributed by atoms with van der Waals surface area (Å²) in [7, 11) is 3.34. The summed E-state index contributed by atoms with van der Waals surface area (Å²) in [4.78, 5) is 34.1. The molecule has 2 aromatic heterocycles. The average Bonchev–Trinajstić information content (AvgIpc) is 2.78. The number of hydrogen-bond acceptors (Lipinski definition) is 5. The first-order chi connectivity index (χ1) is 15.4. The van der Waals surface area contributed by atoms with Gasteiger partial charge in [0.1, 0.15) is 11.5 Å². The van der Waals surface area contributed by atoms with E-state index >= 15 is 0 Å². The highest BCUT2D eigenvalue weighted by atomic mass is 19.1. The molecule has 0 bridgehead atoms. The molecule has 0 aliphatic heterocycles. The fraction of sp³-hybridized carbons (Fsp3) is 0.391. The van der Waals surface area contributed by atoms with Crippen LogP contribution in [0, 0.1) is 12.7 Å². The molecule has 0 saturated heterocycles. The molecule has 3 aromatic rings. The number of aromatic nitrogens is 3. The maximum atomic E-state index is 14.6. The minimum Gasteiger partial charge on any atom is -0.357 e. The summed E-state index contributed by atoms with van der Waals surface area (Å²) < 4.78 is 16.1. The Labute approximate surface area is 185 Å². The molecule has 0 radical (unpaired) electrons. The van der Waals surface area contributed by atoms with Crippen molar-refractivity contribution in [2.24, 2.45) is 7.05 Å². The molecule has 3 N–H and O–H groups in total. The number of amides is 2. The molecule has 0 spiro atoms. The van der Waals surface area contributed by atoms with E-state index in [9.17, 15) is 14.0 Å². The first kappa shape index (κ1) is 21.7. The SMILES string of the molecule is CNc1ncc2cc(-c3cc(NC(=O)NC4CCCCC4)c(F)cc3C)c(=O)n(C)c2n1. The van der Waals surface area contributed by atoms with Gasteiger partial charge in [0.05, 0.1) is 5.69 Å². The second-order valence-corrected chi connectivity index (χ2v) is 8.23. The summed E-state index contributed by atoms with van der Waals surface area (Å²) >= 11 is 0. The first-order valence-corrected chi connectivity index (χ1v) is 10.8. The summed E-state index contributed by atoms with van der Waals surface area (Å²) in [6.45, 7) is 1.73. The second-order valence-electron chi connectivity index (χ2n) is 8.23. The van der Waals surface area contributed by atoms with E-state index in [1.165, 1.54) is 23.1 Å². The Morgan fingerprint density at radius 1 is 1.16 bits per heavy atom. The quantitative estimate of drug-likeness (QED) is 0.573. The number of benzene rings is 1. The topological polar surface area (TPSA) is 101 Å². The number of carbonyl (C=O) groups excluding carboxylic acids is 1. The van der Waals surface area contributed by atoms with Gasteiger partial charge in [-0.3, -0.25) is 9.36 Å². The predicted octanol–water partition coefficient (Wildman–Crippen LogP) is 3.94. The van der Waals surface area contributed by atoms with Gasteiger partial charge >= 0.3 is 6.03 Å². The number of nitrogens with one attached hydrogen (secondary N) is 3. The van der Waals surface area contributed by atoms with E-state index in [2.05, 4.69) is 25.9 Å². The highest BCUT2D eigenvalue weighted by Gasteiger charge is 2.19. The highest BCUT2D eigenvalue weighted by Crippen LogP contribution is 2.29. The third-order valence-electron chi connectivity index (χ3n) is 5.96. The van der Waals surface area contributed by atoms with E-state index in [-0.39, 0.29) is 17.3 Å². The third kappa shape index (κ3) is 4.28. The zero-order chi connectivity index (χ0) is 22.8. The molecule has 8 nitrogen and oxygen atoms in total. The summed E-state index contributed by atoms with van der Waals surface area (Å²) in [5.41, 5.74) is 1.76. The number of rotatable bonds is 4. The van der Waals surface area contributed by atoms with Gasteiger partial charge in [-0.2, -0.15) is 4.98 Å². The minimum atomic E-state index is -0.551. The van der Waals surface area contributed by atoms with Crippen LogP contribution in [0.2, 0.25) is 0 Å². The third-order valence-corrected chi connectivity index (χ3v) is 5.96. The van der Waals surface area contributed by atoms with Crippen LogP contribution in [0.4, 0.5) is 20.8 Å². The molecular weight excluding hydrogens is 411 g/mol. The van der Waals surface area contributed by atoms with Crippen LogP contribution in [0.5, 0.6) is 0 Å². The number of fused-ring (bicyclic) bond motifs is 1. The van der Waals surface area contributed by atoms with E-state index in [0.29, 0.717) is 33.7 Å². The molecule has 0 unspecified atom stereocenters. The van der Waals surface area contributed by atoms with Crippen LogP contribution < -0.4 is 21.5 Å². The summed E-state index contributed by atoms with van der Waals surface area (Å²) in [6, 6.07) is 4.20. The van der Waals surface area contributed by atoms with Gasteiger partial charge in [-0.05, 0) is 49.1 Å². The number of halogens is 1. The number of aryl methyl sites for hydroxylation is 2. The van der Waals surface area contributed by atoms with Crippen molar-refractivity contribution in [3.8, 4) is 11.1 Å². The van der Waals surface area contributed by atoms with Gasteiger partial charge in [0.15, 0.2) is 0 Å².